The van der Waals surface area contributed by atoms with E-state index in [1.165, 1.54) is 23.2 Å². The number of hydrogen-bond acceptors (Lipinski definition) is 2. The van der Waals surface area contributed by atoms with Crippen LogP contribution in [0.4, 0.5) is 11.4 Å². The van der Waals surface area contributed by atoms with Gasteiger partial charge < -0.3 is 4.90 Å². The van der Waals surface area contributed by atoms with Crippen molar-refractivity contribution in [3.8, 4) is 0 Å². The Hall–Kier alpha value is -1.61. The van der Waals surface area contributed by atoms with Crippen molar-refractivity contribution < 1.29 is 0 Å². The lowest BCUT2D eigenvalue weighted by Crippen LogP contribution is -2.48. The Balaban J connectivity index is 1.93. The molecule has 3 heteroatoms. The van der Waals surface area contributed by atoms with E-state index in [-0.39, 0.29) is 5.54 Å². The molecule has 3 rings (SSSR count). The van der Waals surface area contributed by atoms with Gasteiger partial charge >= 0.3 is 0 Å². The fourth-order valence-corrected chi connectivity index (χ4v) is 4.64. The monoisotopic (exact) mass is 398 g/mol. The molecule has 1 heterocycles. The molecular formula is C22H27BrN2. The van der Waals surface area contributed by atoms with E-state index in [0.29, 0.717) is 5.92 Å². The molecule has 1 aliphatic heterocycles. The molecule has 0 aromatic heterocycles. The quantitative estimate of drug-likeness (QED) is 0.530. The maximum absolute atomic E-state index is 4.67. The van der Waals surface area contributed by atoms with E-state index >= 15 is 0 Å². The highest BCUT2D eigenvalue weighted by Crippen LogP contribution is 2.43. The molecule has 0 radical (unpaired) electrons. The number of hydrogen-bond donors (Lipinski definition) is 0. The van der Waals surface area contributed by atoms with Crippen LogP contribution in [0.1, 0.15) is 56.7 Å². The third-order valence-corrected chi connectivity index (χ3v) is 5.82. The van der Waals surface area contributed by atoms with Crippen molar-refractivity contribution >= 4 is 33.5 Å². The third kappa shape index (κ3) is 3.67. The molecule has 2 aromatic carbocycles. The second-order valence-electron chi connectivity index (χ2n) is 7.69. The Labute approximate surface area is 160 Å². The summed E-state index contributed by atoms with van der Waals surface area (Å²) in [4.78, 5) is 7.20. The van der Waals surface area contributed by atoms with Gasteiger partial charge in [-0.3, -0.25) is 4.99 Å². The highest BCUT2D eigenvalue weighted by atomic mass is 79.9. The summed E-state index contributed by atoms with van der Waals surface area (Å²) in [5.74, 6) is 0.562. The SMILES string of the molecule is CCN1c2ccc(C=Nc3ccc(C)cc3Br)cc2C(C)CC1(C)C. The van der Waals surface area contributed by atoms with Crippen molar-refractivity contribution in [3.63, 3.8) is 0 Å². The van der Waals surface area contributed by atoms with Gasteiger partial charge in [-0.15, -0.1) is 0 Å². The summed E-state index contributed by atoms with van der Waals surface area (Å²) in [5, 5.41) is 0. The molecular weight excluding hydrogens is 372 g/mol. The van der Waals surface area contributed by atoms with Crippen LogP contribution in [0.25, 0.3) is 0 Å². The van der Waals surface area contributed by atoms with Gasteiger partial charge in [0, 0.05) is 28.5 Å². The Morgan fingerprint density at radius 2 is 2.00 bits per heavy atom. The first-order valence-electron chi connectivity index (χ1n) is 9.03. The van der Waals surface area contributed by atoms with Gasteiger partial charge in [-0.05, 0) is 96.9 Å². The Bertz CT molecular complexity index is 808. The molecule has 0 N–H and O–H groups in total. The van der Waals surface area contributed by atoms with Crippen LogP contribution in [0.5, 0.6) is 0 Å². The Morgan fingerprint density at radius 1 is 1.24 bits per heavy atom. The smallest absolute Gasteiger partial charge is 0.0772 e. The van der Waals surface area contributed by atoms with E-state index < -0.39 is 0 Å². The molecule has 1 aliphatic rings. The zero-order chi connectivity index (χ0) is 18.2. The fourth-order valence-electron chi connectivity index (χ4n) is 4.05. The summed E-state index contributed by atoms with van der Waals surface area (Å²) >= 11 is 3.60. The number of aliphatic imine (C=N–C) groups is 1. The van der Waals surface area contributed by atoms with Crippen LogP contribution in [0.3, 0.4) is 0 Å². The Morgan fingerprint density at radius 3 is 2.68 bits per heavy atom. The molecule has 1 atom stereocenters. The van der Waals surface area contributed by atoms with Gasteiger partial charge in [0.1, 0.15) is 0 Å². The van der Waals surface area contributed by atoms with Gasteiger partial charge in [0.2, 0.25) is 0 Å². The van der Waals surface area contributed by atoms with E-state index in [1.807, 2.05) is 6.21 Å². The zero-order valence-electron chi connectivity index (χ0n) is 15.8. The lowest BCUT2D eigenvalue weighted by Gasteiger charge is -2.47. The highest BCUT2D eigenvalue weighted by Gasteiger charge is 2.35. The van der Waals surface area contributed by atoms with Crippen molar-refractivity contribution in [2.24, 2.45) is 4.99 Å². The second kappa shape index (κ2) is 6.95. The predicted octanol–water partition coefficient (Wildman–Crippen LogP) is 6.62. The standard InChI is InChI=1S/C22H27BrN2/c1-6-25-21-10-8-17(12-18(21)16(3)13-22(25,4)5)14-24-20-9-7-15(2)11-19(20)23/h7-12,14,16H,6,13H2,1-5H3. The third-order valence-electron chi connectivity index (χ3n) is 5.18. The first-order chi connectivity index (χ1) is 11.8. The maximum atomic E-state index is 4.67. The first-order valence-corrected chi connectivity index (χ1v) is 9.83. The molecule has 0 amide bonds. The molecule has 25 heavy (non-hydrogen) atoms. The van der Waals surface area contributed by atoms with Crippen LogP contribution < -0.4 is 4.90 Å². The lowest BCUT2D eigenvalue weighted by atomic mass is 9.79. The number of nitrogens with zero attached hydrogens (tertiary/aromatic N) is 2. The van der Waals surface area contributed by atoms with Gasteiger partial charge in [0.05, 0.1) is 5.69 Å². The number of aryl methyl sites for hydroxylation is 1. The van der Waals surface area contributed by atoms with Gasteiger partial charge in [0.25, 0.3) is 0 Å². The summed E-state index contributed by atoms with van der Waals surface area (Å²) in [7, 11) is 0. The van der Waals surface area contributed by atoms with Gasteiger partial charge in [0.15, 0.2) is 0 Å². The molecule has 2 aromatic rings. The van der Waals surface area contributed by atoms with E-state index in [0.717, 1.165) is 22.3 Å². The van der Waals surface area contributed by atoms with Crippen LogP contribution in [-0.2, 0) is 0 Å². The molecule has 0 saturated heterocycles. The predicted molar refractivity (Wildman–Crippen MR) is 113 cm³/mol. The normalized spacial score (nSPS) is 19.3. The number of benzene rings is 2. The summed E-state index contributed by atoms with van der Waals surface area (Å²) in [6.07, 6.45) is 3.15. The fraction of sp³-hybridized carbons (Fsp3) is 0.409. The molecule has 2 nitrogen and oxygen atoms in total. The van der Waals surface area contributed by atoms with Gasteiger partial charge in [-0.2, -0.15) is 0 Å². The lowest BCUT2D eigenvalue weighted by molar-refractivity contribution is 0.381. The number of anilines is 1. The second-order valence-corrected chi connectivity index (χ2v) is 8.55. The highest BCUT2D eigenvalue weighted by molar-refractivity contribution is 9.10. The minimum Gasteiger partial charge on any atom is -0.366 e. The molecule has 132 valence electrons. The largest absolute Gasteiger partial charge is 0.366 e. The number of rotatable bonds is 3. The minimum atomic E-state index is 0.212. The zero-order valence-corrected chi connectivity index (χ0v) is 17.4. The summed E-state index contributed by atoms with van der Waals surface area (Å²) in [5.41, 5.74) is 6.38. The van der Waals surface area contributed by atoms with Crippen LogP contribution in [-0.4, -0.2) is 18.3 Å². The Kier molecular flexibility index (Phi) is 5.06. The van der Waals surface area contributed by atoms with Crippen molar-refractivity contribution in [3.05, 3.63) is 57.6 Å². The van der Waals surface area contributed by atoms with Gasteiger partial charge in [-0.1, -0.05) is 19.1 Å². The van der Waals surface area contributed by atoms with E-state index in [1.54, 1.807) is 0 Å². The summed E-state index contributed by atoms with van der Waals surface area (Å²) < 4.78 is 1.04. The molecule has 0 saturated carbocycles. The average molecular weight is 399 g/mol. The van der Waals surface area contributed by atoms with Crippen molar-refractivity contribution in [2.45, 2.75) is 52.5 Å². The van der Waals surface area contributed by atoms with E-state index in [9.17, 15) is 0 Å². The average Bonchev–Trinajstić information content (AvgIpc) is 2.54. The molecule has 0 spiro atoms. The minimum absolute atomic E-state index is 0.212. The van der Waals surface area contributed by atoms with Crippen molar-refractivity contribution in [1.82, 2.24) is 0 Å². The first kappa shape index (κ1) is 18.2. The molecule has 0 fully saturated rings. The van der Waals surface area contributed by atoms with Crippen molar-refractivity contribution in [1.29, 1.82) is 0 Å². The van der Waals surface area contributed by atoms with Crippen LogP contribution in [0.15, 0.2) is 45.9 Å². The summed E-state index contributed by atoms with van der Waals surface area (Å²) in [6.45, 7) is 12.4. The van der Waals surface area contributed by atoms with E-state index in [4.69, 9.17) is 0 Å². The molecule has 1 unspecified atom stereocenters. The molecule has 0 aliphatic carbocycles. The molecule has 0 bridgehead atoms. The number of fused-ring (bicyclic) bond motifs is 1. The van der Waals surface area contributed by atoms with Crippen LogP contribution in [0, 0.1) is 6.92 Å². The van der Waals surface area contributed by atoms with Crippen LogP contribution >= 0.6 is 15.9 Å². The van der Waals surface area contributed by atoms with Gasteiger partial charge in [-0.25, -0.2) is 0 Å². The van der Waals surface area contributed by atoms with E-state index in [2.05, 4.69) is 96.8 Å². The summed E-state index contributed by atoms with van der Waals surface area (Å²) in [6, 6.07) is 13.0. The maximum Gasteiger partial charge on any atom is 0.0772 e. The van der Waals surface area contributed by atoms with Crippen LogP contribution in [0.2, 0.25) is 0 Å². The topological polar surface area (TPSA) is 15.6 Å². The number of halogens is 1. The van der Waals surface area contributed by atoms with Crippen molar-refractivity contribution in [2.75, 3.05) is 11.4 Å².